The van der Waals surface area contributed by atoms with Crippen LogP contribution in [0.25, 0.3) is 5.65 Å². The van der Waals surface area contributed by atoms with E-state index in [2.05, 4.69) is 15.3 Å². The first kappa shape index (κ1) is 20.1. The van der Waals surface area contributed by atoms with Crippen molar-refractivity contribution in [1.82, 2.24) is 19.8 Å². The maximum atomic E-state index is 10.4. The maximum absolute atomic E-state index is 10.4. The van der Waals surface area contributed by atoms with Gasteiger partial charge in [-0.05, 0) is 0 Å². The molecule has 1 aliphatic heterocycles. The predicted octanol–water partition coefficient (Wildman–Crippen LogP) is -3.21. The molecule has 2 aromatic rings. The third-order valence-electron chi connectivity index (χ3n) is 4.71. The van der Waals surface area contributed by atoms with Crippen LogP contribution >= 0.6 is 15.9 Å². The second-order valence-corrected chi connectivity index (χ2v) is 11.6. The summed E-state index contributed by atoms with van der Waals surface area (Å²) >= 11 is 0. The number of nitrogens with two attached hydrogens (primary N) is 1. The van der Waals surface area contributed by atoms with Crippen LogP contribution in [0.15, 0.2) is 12.3 Å². The minimum absolute atomic E-state index is 0.0851. The Bertz CT molecular complexity index is 892. The molecule has 6 atom stereocenters. The fourth-order valence-corrected chi connectivity index (χ4v) is 6.97. The van der Waals surface area contributed by atoms with Crippen molar-refractivity contribution in [3.63, 3.8) is 0 Å². The molecule has 0 aromatic carbocycles. The minimum atomic E-state index is -4.76. The molecule has 1 saturated heterocycles. The molecule has 16 heteroatoms. The van der Waals surface area contributed by atoms with Crippen molar-refractivity contribution in [2.45, 2.75) is 30.5 Å². The normalized spacial score (nSPS) is 34.2. The van der Waals surface area contributed by atoms with Gasteiger partial charge >= 0.3 is 157 Å². The average Bonchev–Trinajstić information content (AvgIpc) is 3.03. The van der Waals surface area contributed by atoms with E-state index in [1.165, 1.54) is 16.8 Å². The molecule has 14 nitrogen and oxygen atoms in total. The van der Waals surface area contributed by atoms with E-state index in [9.17, 15) is 20.0 Å². The summed E-state index contributed by atoms with van der Waals surface area (Å²) in [5, 5.41) is 32.7. The van der Waals surface area contributed by atoms with Crippen molar-refractivity contribution < 1.29 is 43.9 Å². The van der Waals surface area contributed by atoms with Gasteiger partial charge in [-0.25, -0.2) is 0 Å². The van der Waals surface area contributed by atoms with Crippen LogP contribution in [0.4, 0.5) is 5.69 Å². The zero-order valence-electron chi connectivity index (χ0n) is 14.1. The van der Waals surface area contributed by atoms with E-state index in [0.29, 0.717) is 5.69 Å². The topological polar surface area (TPSA) is 229 Å². The van der Waals surface area contributed by atoms with Crippen LogP contribution in [0, 0.1) is 5.92 Å². The van der Waals surface area contributed by atoms with E-state index in [-0.39, 0.29) is 11.5 Å². The molecule has 28 heavy (non-hydrogen) atoms. The van der Waals surface area contributed by atoms with Gasteiger partial charge in [-0.2, -0.15) is 0 Å². The van der Waals surface area contributed by atoms with Crippen molar-refractivity contribution in [2.24, 2.45) is 5.92 Å². The predicted molar refractivity (Wildman–Crippen MR) is 95.8 cm³/mol. The molecule has 3 heterocycles. The third-order valence-corrected chi connectivity index (χ3v) is 9.10. The summed E-state index contributed by atoms with van der Waals surface area (Å²) in [5.74, 6) is -1.78. The van der Waals surface area contributed by atoms with Crippen LogP contribution in [0.2, 0.25) is 0 Å². The zero-order valence-corrected chi connectivity index (χ0v) is 16.1. The first-order chi connectivity index (χ1) is 13.0. The van der Waals surface area contributed by atoms with Gasteiger partial charge in [0.05, 0.1) is 0 Å². The molecule has 158 valence electrons. The number of aromatic nitrogens is 4. The van der Waals surface area contributed by atoms with Gasteiger partial charge in [-0.1, -0.05) is 0 Å². The van der Waals surface area contributed by atoms with Gasteiger partial charge in [0.25, 0.3) is 0 Å². The number of nitrogens with zero attached hydrogens (tertiary/aromatic N) is 4. The summed E-state index contributed by atoms with van der Waals surface area (Å²) in [5.41, 5.74) is 6.33. The second-order valence-electron chi connectivity index (χ2n) is 6.94. The van der Waals surface area contributed by atoms with Crippen molar-refractivity contribution in [2.75, 3.05) is 11.6 Å². The molecular formula is C12H21N5O9P2. The molecule has 2 fully saturated rings. The molecule has 1 aliphatic carbocycles. The molecule has 0 spiro atoms. The van der Waals surface area contributed by atoms with Crippen molar-refractivity contribution in [3.05, 3.63) is 18.1 Å². The Labute approximate surface area is 158 Å². The van der Waals surface area contributed by atoms with E-state index >= 15 is 0 Å². The van der Waals surface area contributed by atoms with Crippen LogP contribution in [0.3, 0.4) is 0 Å². The van der Waals surface area contributed by atoms with E-state index in [0.717, 1.165) is 0 Å². The van der Waals surface area contributed by atoms with E-state index in [1.54, 1.807) is 0 Å². The number of fused-ring (bicyclic) bond motifs is 2. The van der Waals surface area contributed by atoms with E-state index < -0.39 is 58.2 Å². The number of rotatable bonds is 5. The van der Waals surface area contributed by atoms with Crippen molar-refractivity contribution in [3.8, 4) is 0 Å². The van der Waals surface area contributed by atoms with Crippen LogP contribution in [-0.4, -0.2) is 84.8 Å². The molecule has 4 rings (SSSR count). The summed E-state index contributed by atoms with van der Waals surface area (Å²) in [4.78, 5) is 46.9. The van der Waals surface area contributed by atoms with Crippen molar-refractivity contribution >= 4 is 27.2 Å². The molecule has 2 unspecified atom stereocenters. The summed E-state index contributed by atoms with van der Waals surface area (Å²) < 4.78 is 12.1. The second kappa shape index (κ2) is 6.69. The Kier molecular flexibility index (Phi) is 4.81. The molecule has 0 radical (unpaired) electrons. The summed E-state index contributed by atoms with van der Waals surface area (Å²) in [6.07, 6.45) is -4.39. The van der Waals surface area contributed by atoms with E-state index in [1.807, 2.05) is 0 Å². The number of anilines is 1. The molecule has 2 aromatic heterocycles. The van der Waals surface area contributed by atoms with Gasteiger partial charge in [0, 0.05) is 0 Å². The Morgan fingerprint density at radius 2 is 1.86 bits per heavy atom. The fourth-order valence-electron chi connectivity index (χ4n) is 3.44. The zero-order chi connectivity index (χ0) is 20.4. The van der Waals surface area contributed by atoms with Gasteiger partial charge in [-0.3, -0.25) is 0 Å². The first-order valence-electron chi connectivity index (χ1n) is 8.25. The average molecular weight is 441 g/mol. The van der Waals surface area contributed by atoms with Crippen LogP contribution < -0.4 is 5.73 Å². The Balaban J connectivity index is 1.54. The van der Waals surface area contributed by atoms with Gasteiger partial charge in [-0.15, -0.1) is 0 Å². The van der Waals surface area contributed by atoms with Gasteiger partial charge in [0.2, 0.25) is 0 Å². The number of nitrogen functional groups attached to an aromatic ring is 1. The number of aliphatic hydroxyl groups excluding tert-OH is 2. The Hall–Kier alpha value is -1.15. The number of hydrogen-bond acceptors (Lipinski definition) is 13. The Morgan fingerprint density at radius 3 is 2.54 bits per heavy atom. The fraction of sp³-hybridized carbons (Fsp3) is 0.583. The molecule has 2 aliphatic rings. The standard InChI is InChI=1S/C12H21N5O9P2/c13-4-1-2-14-17-11(4)15-16-12(17)10-7(19)6(18)5-8(25-10)9(5)26-28(23,24)3-27(20,21)22/h1-2,5-10,18-24,27-28H,3,13H2/t5?,6-,7-,8+,9?,10-/m1/s1. The van der Waals surface area contributed by atoms with Gasteiger partial charge in [0.15, 0.2) is 0 Å². The SMILES string of the molecule is Nc1ccnn2c([C@@H]3O[C@@H]4C(O[PH](O)(O)C[PH](O)(O)O)C4[C@@H](O)[C@H]3O)nnc12. The van der Waals surface area contributed by atoms with Crippen LogP contribution in [0.5, 0.6) is 0 Å². The number of hydrogen-bond donors (Lipinski definition) is 8. The number of ether oxygens (including phenoxy) is 1. The molecule has 0 bridgehead atoms. The van der Waals surface area contributed by atoms with Crippen LogP contribution in [0.1, 0.15) is 11.9 Å². The number of aliphatic hydroxyl groups is 2. The van der Waals surface area contributed by atoms with Crippen molar-refractivity contribution in [1.29, 1.82) is 0 Å². The molecule has 9 N–H and O–H groups in total. The van der Waals surface area contributed by atoms with Crippen LogP contribution in [-0.2, 0) is 9.26 Å². The monoisotopic (exact) mass is 441 g/mol. The van der Waals surface area contributed by atoms with Gasteiger partial charge in [0.1, 0.15) is 0 Å². The Morgan fingerprint density at radius 1 is 1.14 bits per heavy atom. The first-order valence-corrected chi connectivity index (χ1v) is 12.3. The summed E-state index contributed by atoms with van der Waals surface area (Å²) in [7, 11) is -9.40. The molecule has 0 amide bonds. The molecular weight excluding hydrogens is 420 g/mol. The quantitative estimate of drug-likeness (QED) is 0.214. The van der Waals surface area contributed by atoms with Gasteiger partial charge < -0.3 is 0 Å². The molecule has 1 saturated carbocycles. The summed E-state index contributed by atoms with van der Waals surface area (Å²) in [6, 6.07) is 1.52. The summed E-state index contributed by atoms with van der Waals surface area (Å²) in [6.45, 7) is 0. The van der Waals surface area contributed by atoms with E-state index in [4.69, 9.17) is 29.7 Å². The third kappa shape index (κ3) is 3.58.